The first-order chi connectivity index (χ1) is 18.1. The number of carbonyl (C=O) groups is 2. The minimum absolute atomic E-state index is 0.0216. The van der Waals surface area contributed by atoms with E-state index in [0.29, 0.717) is 6.54 Å². The van der Waals surface area contributed by atoms with Crippen molar-refractivity contribution < 1.29 is 14.7 Å². The topological polar surface area (TPSA) is 79.9 Å². The molecular weight excluding hydrogens is 464 g/mol. The van der Waals surface area contributed by atoms with Gasteiger partial charge in [0.2, 0.25) is 5.91 Å². The van der Waals surface area contributed by atoms with Crippen LogP contribution < -0.4 is 4.90 Å². The highest BCUT2D eigenvalue weighted by Gasteiger charge is 2.32. The van der Waals surface area contributed by atoms with Gasteiger partial charge in [-0.3, -0.25) is 14.5 Å². The number of hydrogen-bond donors (Lipinski definition) is 2. The number of piperazine rings is 1. The van der Waals surface area contributed by atoms with Gasteiger partial charge in [0.05, 0.1) is 6.54 Å². The standard InChI is InChI=1S/C30H32N4O3/c35-29(21-33(22-30(36)37)25-11-5-2-6-12-25)34-16-15-32(19-23-9-3-1-4-10-23)20-26(34)17-24-18-31-28-14-8-7-13-27(24)28/h1-14,18,26,31H,15-17,19-22H2,(H,36,37)/t26-/m0/s1. The zero-order chi connectivity index (χ0) is 25.6. The normalized spacial score (nSPS) is 16.1. The lowest BCUT2D eigenvalue weighted by Crippen LogP contribution is -2.57. The van der Waals surface area contributed by atoms with Crippen molar-refractivity contribution in [1.82, 2.24) is 14.8 Å². The average Bonchev–Trinajstić information content (AvgIpc) is 3.32. The van der Waals surface area contributed by atoms with Gasteiger partial charge < -0.3 is 19.9 Å². The van der Waals surface area contributed by atoms with Gasteiger partial charge in [0.25, 0.3) is 0 Å². The Morgan fingerprint density at radius 1 is 0.892 bits per heavy atom. The highest BCUT2D eigenvalue weighted by molar-refractivity contribution is 5.85. The predicted octanol–water partition coefficient (Wildman–Crippen LogP) is 4.01. The summed E-state index contributed by atoms with van der Waals surface area (Å²) in [5, 5.41) is 10.7. The number of nitrogens with zero attached hydrogens (tertiary/aromatic N) is 3. The Kier molecular flexibility index (Phi) is 7.51. The van der Waals surface area contributed by atoms with Gasteiger partial charge in [0, 0.05) is 55.0 Å². The van der Waals surface area contributed by atoms with Crippen LogP contribution in [0.5, 0.6) is 0 Å². The monoisotopic (exact) mass is 496 g/mol. The van der Waals surface area contributed by atoms with Gasteiger partial charge in [-0.1, -0.05) is 66.7 Å². The van der Waals surface area contributed by atoms with Crippen molar-refractivity contribution in [3.8, 4) is 0 Å². The van der Waals surface area contributed by atoms with E-state index in [9.17, 15) is 14.7 Å². The highest BCUT2D eigenvalue weighted by atomic mass is 16.4. The molecule has 190 valence electrons. The van der Waals surface area contributed by atoms with E-state index < -0.39 is 5.97 Å². The second-order valence-electron chi connectivity index (χ2n) is 9.61. The second kappa shape index (κ2) is 11.3. The number of carbonyl (C=O) groups excluding carboxylic acids is 1. The summed E-state index contributed by atoms with van der Waals surface area (Å²) in [5.74, 6) is -1.01. The molecule has 1 saturated heterocycles. The van der Waals surface area contributed by atoms with Crippen LogP contribution in [0, 0.1) is 0 Å². The molecule has 2 N–H and O–H groups in total. The number of aliphatic carboxylic acids is 1. The van der Waals surface area contributed by atoms with Crippen LogP contribution in [-0.4, -0.2) is 70.5 Å². The molecule has 3 aromatic carbocycles. The Hall–Kier alpha value is -4.10. The van der Waals surface area contributed by atoms with Gasteiger partial charge >= 0.3 is 5.97 Å². The molecule has 4 aromatic rings. The van der Waals surface area contributed by atoms with E-state index in [1.807, 2.05) is 59.6 Å². The number of hydrogen-bond acceptors (Lipinski definition) is 4. The van der Waals surface area contributed by atoms with Crippen LogP contribution in [0.1, 0.15) is 11.1 Å². The summed E-state index contributed by atoms with van der Waals surface area (Å²) in [4.78, 5) is 34.6. The summed E-state index contributed by atoms with van der Waals surface area (Å²) < 4.78 is 0. The number of anilines is 1. The van der Waals surface area contributed by atoms with E-state index >= 15 is 0 Å². The van der Waals surface area contributed by atoms with E-state index in [0.717, 1.165) is 37.3 Å². The molecule has 7 heteroatoms. The Morgan fingerprint density at radius 2 is 1.59 bits per heavy atom. The lowest BCUT2D eigenvalue weighted by Gasteiger charge is -2.42. The summed E-state index contributed by atoms with van der Waals surface area (Å²) in [5.41, 5.74) is 4.26. The predicted molar refractivity (Wildman–Crippen MR) is 146 cm³/mol. The summed E-state index contributed by atoms with van der Waals surface area (Å²) in [6, 6.07) is 27.9. The number of carboxylic acids is 1. The van der Waals surface area contributed by atoms with Gasteiger partial charge in [0.1, 0.15) is 6.54 Å². The Balaban J connectivity index is 1.37. The molecule has 1 atom stereocenters. The zero-order valence-electron chi connectivity index (χ0n) is 20.8. The number of nitrogens with one attached hydrogen (secondary N) is 1. The fourth-order valence-electron chi connectivity index (χ4n) is 5.26. The quantitative estimate of drug-likeness (QED) is 0.366. The van der Waals surface area contributed by atoms with Gasteiger partial charge in [-0.15, -0.1) is 0 Å². The van der Waals surface area contributed by atoms with Crippen molar-refractivity contribution in [2.24, 2.45) is 0 Å². The summed E-state index contributed by atoms with van der Waals surface area (Å²) in [6.07, 6.45) is 2.77. The third kappa shape index (κ3) is 6.01. The molecule has 0 spiro atoms. The molecule has 5 rings (SSSR count). The fourth-order valence-corrected chi connectivity index (χ4v) is 5.26. The molecule has 2 heterocycles. The number of amides is 1. The third-order valence-electron chi connectivity index (χ3n) is 7.04. The molecule has 37 heavy (non-hydrogen) atoms. The van der Waals surface area contributed by atoms with Crippen LogP contribution in [-0.2, 0) is 22.6 Å². The fraction of sp³-hybridized carbons (Fsp3) is 0.267. The van der Waals surface area contributed by atoms with Crippen LogP contribution in [0.3, 0.4) is 0 Å². The van der Waals surface area contributed by atoms with Crippen molar-refractivity contribution in [2.75, 3.05) is 37.6 Å². The van der Waals surface area contributed by atoms with E-state index in [2.05, 4.69) is 46.3 Å². The summed E-state index contributed by atoms with van der Waals surface area (Å²) in [6.45, 7) is 2.77. The first-order valence-corrected chi connectivity index (χ1v) is 12.7. The smallest absolute Gasteiger partial charge is 0.323 e. The Bertz CT molecular complexity index is 1340. The first kappa shape index (κ1) is 24.6. The number of H-pyrrole nitrogens is 1. The van der Waals surface area contributed by atoms with Crippen molar-refractivity contribution in [3.63, 3.8) is 0 Å². The Morgan fingerprint density at radius 3 is 2.35 bits per heavy atom. The maximum absolute atomic E-state index is 13.7. The van der Waals surface area contributed by atoms with Gasteiger partial charge in [0.15, 0.2) is 0 Å². The van der Waals surface area contributed by atoms with Crippen molar-refractivity contribution in [1.29, 1.82) is 0 Å². The van der Waals surface area contributed by atoms with E-state index in [-0.39, 0.29) is 25.0 Å². The third-order valence-corrected chi connectivity index (χ3v) is 7.04. The minimum Gasteiger partial charge on any atom is -0.480 e. The summed E-state index contributed by atoms with van der Waals surface area (Å²) in [7, 11) is 0. The minimum atomic E-state index is -0.959. The number of benzene rings is 3. The number of fused-ring (bicyclic) bond motifs is 1. The zero-order valence-corrected chi connectivity index (χ0v) is 20.8. The lowest BCUT2D eigenvalue weighted by atomic mass is 10.0. The van der Waals surface area contributed by atoms with Crippen LogP contribution in [0.15, 0.2) is 91.1 Å². The van der Waals surface area contributed by atoms with E-state index in [4.69, 9.17) is 0 Å². The van der Waals surface area contributed by atoms with E-state index in [1.54, 1.807) is 4.90 Å². The van der Waals surface area contributed by atoms with Gasteiger partial charge in [-0.25, -0.2) is 0 Å². The Labute approximate surface area is 216 Å². The first-order valence-electron chi connectivity index (χ1n) is 12.7. The summed E-state index contributed by atoms with van der Waals surface area (Å²) >= 11 is 0. The van der Waals surface area contributed by atoms with Gasteiger partial charge in [-0.2, -0.15) is 0 Å². The number of aromatic nitrogens is 1. The number of aromatic amines is 1. The van der Waals surface area contributed by atoms with Crippen LogP contribution in [0.2, 0.25) is 0 Å². The molecule has 0 radical (unpaired) electrons. The number of para-hydroxylation sites is 2. The molecular formula is C30H32N4O3. The molecule has 1 fully saturated rings. The van der Waals surface area contributed by atoms with Crippen molar-refractivity contribution in [2.45, 2.75) is 19.0 Å². The molecule has 0 bridgehead atoms. The molecule has 0 unspecified atom stereocenters. The highest BCUT2D eigenvalue weighted by Crippen LogP contribution is 2.24. The molecule has 0 aliphatic carbocycles. The maximum atomic E-state index is 13.7. The molecule has 1 aliphatic heterocycles. The second-order valence-corrected chi connectivity index (χ2v) is 9.61. The van der Waals surface area contributed by atoms with Crippen LogP contribution in [0.25, 0.3) is 10.9 Å². The van der Waals surface area contributed by atoms with Gasteiger partial charge in [-0.05, 0) is 35.7 Å². The van der Waals surface area contributed by atoms with Crippen molar-refractivity contribution >= 4 is 28.5 Å². The van der Waals surface area contributed by atoms with Crippen LogP contribution in [0.4, 0.5) is 5.69 Å². The molecule has 1 aromatic heterocycles. The number of rotatable bonds is 9. The lowest BCUT2D eigenvalue weighted by molar-refractivity contribution is -0.136. The molecule has 7 nitrogen and oxygen atoms in total. The largest absolute Gasteiger partial charge is 0.480 e. The SMILES string of the molecule is O=C(O)CN(CC(=O)N1CCN(Cc2ccccc2)C[C@@H]1Cc1c[nH]c2ccccc12)c1ccccc1. The number of carboxylic acid groups (broad SMARTS) is 1. The molecule has 0 saturated carbocycles. The van der Waals surface area contributed by atoms with E-state index in [1.165, 1.54) is 16.5 Å². The molecule has 1 amide bonds. The van der Waals surface area contributed by atoms with Crippen molar-refractivity contribution in [3.05, 3.63) is 102 Å². The van der Waals surface area contributed by atoms with Crippen LogP contribution >= 0.6 is 0 Å². The average molecular weight is 497 g/mol. The maximum Gasteiger partial charge on any atom is 0.323 e. The molecule has 1 aliphatic rings.